The third-order valence-electron chi connectivity index (χ3n) is 0.727. The van der Waals surface area contributed by atoms with Crippen LogP contribution in [-0.2, 0) is 0 Å². The molecule has 0 unspecified atom stereocenters. The highest BCUT2D eigenvalue weighted by atomic mass is 35.5. The molecule has 0 radical (unpaired) electrons. The van der Waals surface area contributed by atoms with E-state index in [1.807, 2.05) is 0 Å². The second kappa shape index (κ2) is 4.47. The van der Waals surface area contributed by atoms with Crippen molar-refractivity contribution in [3.8, 4) is 0 Å². The first-order valence-corrected chi connectivity index (χ1v) is 3.36. The predicted octanol–water partition coefficient (Wildman–Crippen LogP) is 2.42. The van der Waals surface area contributed by atoms with Gasteiger partial charge in [-0.1, -0.05) is 18.2 Å². The van der Waals surface area contributed by atoms with Crippen LogP contribution in [0.2, 0.25) is 0 Å². The molecule has 0 amide bonds. The van der Waals surface area contributed by atoms with Crippen molar-refractivity contribution >= 4 is 33.7 Å². The van der Waals surface area contributed by atoms with Gasteiger partial charge in [-0.15, -0.1) is 0 Å². The zero-order valence-electron chi connectivity index (χ0n) is 5.86. The summed E-state index contributed by atoms with van der Waals surface area (Å²) in [4.78, 5) is 7.27. The maximum Gasteiger partial charge on any atom is 0.218 e. The molecule has 0 aliphatic rings. The molecule has 0 aliphatic heterocycles. The summed E-state index contributed by atoms with van der Waals surface area (Å²) in [6.45, 7) is 5.31. The van der Waals surface area contributed by atoms with Gasteiger partial charge in [-0.25, -0.2) is 4.99 Å². The van der Waals surface area contributed by atoms with E-state index in [1.165, 1.54) is 7.05 Å². The van der Waals surface area contributed by atoms with Crippen molar-refractivity contribution < 1.29 is 0 Å². The Hall–Kier alpha value is -0.340. The number of aliphatic imine (C=N–C) groups is 2. The van der Waals surface area contributed by atoms with Gasteiger partial charge in [0.1, 0.15) is 5.17 Å². The van der Waals surface area contributed by atoms with Gasteiger partial charge in [-0.05, 0) is 24.1 Å². The highest BCUT2D eigenvalue weighted by Gasteiger charge is 1.94. The molecule has 0 aromatic rings. The number of hydrogen-bond acceptors (Lipinski definition) is 1. The highest BCUT2D eigenvalue weighted by Crippen LogP contribution is 2.00. The maximum absolute atomic E-state index is 5.57. The van der Waals surface area contributed by atoms with Crippen LogP contribution in [0.25, 0.3) is 0 Å². The molecule has 0 rings (SSSR count). The first kappa shape index (κ1) is 9.66. The van der Waals surface area contributed by atoms with Crippen LogP contribution in [0, 0.1) is 0 Å². The largest absolute Gasteiger partial charge is 0.260 e. The Morgan fingerprint density at radius 1 is 1.40 bits per heavy atom. The third kappa shape index (κ3) is 3.64. The average molecular weight is 179 g/mol. The van der Waals surface area contributed by atoms with Gasteiger partial charge in [0.15, 0.2) is 0 Å². The van der Waals surface area contributed by atoms with E-state index < -0.39 is 0 Å². The van der Waals surface area contributed by atoms with Crippen molar-refractivity contribution in [3.05, 3.63) is 12.2 Å². The standard InChI is InChI=1S/C6H8Cl2N2/c1-4(2)5(7)10-6(8)9-3/h1H2,2-3H3/b9-6?,10-5+. The number of halogens is 2. The quantitative estimate of drug-likeness (QED) is 0.335. The van der Waals surface area contributed by atoms with Crippen molar-refractivity contribution in [1.82, 2.24) is 0 Å². The topological polar surface area (TPSA) is 24.7 Å². The number of rotatable bonds is 1. The Bertz CT molecular complexity index is 194. The van der Waals surface area contributed by atoms with E-state index in [2.05, 4.69) is 16.6 Å². The first-order valence-electron chi connectivity index (χ1n) is 2.60. The summed E-state index contributed by atoms with van der Waals surface area (Å²) in [7, 11) is 1.54. The predicted molar refractivity (Wildman–Crippen MR) is 47.3 cm³/mol. The van der Waals surface area contributed by atoms with Gasteiger partial charge in [0.25, 0.3) is 0 Å². The summed E-state index contributed by atoms with van der Waals surface area (Å²) < 4.78 is 0. The van der Waals surface area contributed by atoms with E-state index in [0.717, 1.165) is 0 Å². The van der Waals surface area contributed by atoms with Crippen molar-refractivity contribution in [2.24, 2.45) is 9.98 Å². The van der Waals surface area contributed by atoms with Crippen LogP contribution in [0.3, 0.4) is 0 Å². The monoisotopic (exact) mass is 178 g/mol. The van der Waals surface area contributed by atoms with Gasteiger partial charge in [-0.2, -0.15) is 0 Å². The molecule has 0 heterocycles. The van der Waals surface area contributed by atoms with Gasteiger partial charge in [-0.3, -0.25) is 4.99 Å². The SMILES string of the molecule is C=C(C)/C(Cl)=N\C(Cl)=NC. The van der Waals surface area contributed by atoms with Crippen LogP contribution in [0.1, 0.15) is 6.92 Å². The zero-order valence-corrected chi connectivity index (χ0v) is 7.37. The van der Waals surface area contributed by atoms with Gasteiger partial charge in [0, 0.05) is 7.05 Å². The molecule has 0 aromatic heterocycles. The Labute approximate surface area is 70.3 Å². The minimum absolute atomic E-state index is 0.132. The highest BCUT2D eigenvalue weighted by molar-refractivity contribution is 6.74. The zero-order chi connectivity index (χ0) is 8.15. The lowest BCUT2D eigenvalue weighted by Gasteiger charge is -1.91. The number of nitrogens with zero attached hydrogens (tertiary/aromatic N) is 2. The summed E-state index contributed by atoms with van der Waals surface area (Å²) in [6, 6.07) is 0. The first-order chi connectivity index (χ1) is 4.57. The van der Waals surface area contributed by atoms with E-state index in [9.17, 15) is 0 Å². The maximum atomic E-state index is 5.57. The molecule has 0 spiro atoms. The Morgan fingerprint density at radius 2 is 1.90 bits per heavy atom. The molecule has 2 nitrogen and oxygen atoms in total. The second-order valence-electron chi connectivity index (χ2n) is 1.68. The molecule has 0 saturated heterocycles. The number of amidine groups is 1. The summed E-state index contributed by atoms with van der Waals surface area (Å²) in [5.41, 5.74) is 0.670. The van der Waals surface area contributed by atoms with Crippen LogP contribution >= 0.6 is 23.2 Å². The van der Waals surface area contributed by atoms with E-state index >= 15 is 0 Å². The molecule has 56 valence electrons. The van der Waals surface area contributed by atoms with Gasteiger partial charge in [0.05, 0.1) is 0 Å². The Morgan fingerprint density at radius 3 is 2.20 bits per heavy atom. The smallest absolute Gasteiger partial charge is 0.218 e. The summed E-state index contributed by atoms with van der Waals surface area (Å²) >= 11 is 11.0. The minimum Gasteiger partial charge on any atom is -0.260 e. The lowest BCUT2D eigenvalue weighted by Crippen LogP contribution is -1.91. The molecule has 0 fully saturated rings. The van der Waals surface area contributed by atoms with Gasteiger partial charge >= 0.3 is 0 Å². The summed E-state index contributed by atoms with van der Waals surface area (Å²) in [6.07, 6.45) is 0. The van der Waals surface area contributed by atoms with Crippen molar-refractivity contribution in [3.63, 3.8) is 0 Å². The minimum atomic E-state index is 0.132. The third-order valence-corrected chi connectivity index (χ3v) is 1.39. The summed E-state index contributed by atoms with van der Waals surface area (Å²) in [5.74, 6) is 0. The van der Waals surface area contributed by atoms with Crippen LogP contribution in [0.5, 0.6) is 0 Å². The molecule has 4 heteroatoms. The fourth-order valence-corrected chi connectivity index (χ4v) is 0.434. The molecule has 0 bridgehead atoms. The van der Waals surface area contributed by atoms with E-state index in [0.29, 0.717) is 5.57 Å². The van der Waals surface area contributed by atoms with Crippen LogP contribution < -0.4 is 0 Å². The van der Waals surface area contributed by atoms with Crippen LogP contribution in [0.15, 0.2) is 22.1 Å². The van der Waals surface area contributed by atoms with Gasteiger partial charge in [0.2, 0.25) is 5.29 Å². The van der Waals surface area contributed by atoms with Crippen molar-refractivity contribution in [1.29, 1.82) is 0 Å². The van der Waals surface area contributed by atoms with Gasteiger partial charge < -0.3 is 0 Å². The second-order valence-corrected chi connectivity index (χ2v) is 2.37. The molecule has 0 saturated carbocycles. The van der Waals surface area contributed by atoms with Crippen molar-refractivity contribution in [2.75, 3.05) is 7.05 Å². The average Bonchev–Trinajstić information content (AvgIpc) is 1.87. The lowest BCUT2D eigenvalue weighted by atomic mass is 10.4. The van der Waals surface area contributed by atoms with E-state index in [4.69, 9.17) is 23.2 Å². The van der Waals surface area contributed by atoms with Crippen LogP contribution in [0.4, 0.5) is 0 Å². The molecule has 0 N–H and O–H groups in total. The summed E-state index contributed by atoms with van der Waals surface area (Å²) in [5, 5.41) is 0.420. The number of hydrogen-bond donors (Lipinski definition) is 0. The van der Waals surface area contributed by atoms with E-state index in [1.54, 1.807) is 6.92 Å². The lowest BCUT2D eigenvalue weighted by molar-refractivity contribution is 1.43. The molecular formula is C6H8Cl2N2. The normalized spacial score (nSPS) is 13.6. The van der Waals surface area contributed by atoms with Crippen LogP contribution in [-0.4, -0.2) is 17.5 Å². The van der Waals surface area contributed by atoms with E-state index in [-0.39, 0.29) is 10.5 Å². The fraction of sp³-hybridized carbons (Fsp3) is 0.333. The van der Waals surface area contributed by atoms with Crippen molar-refractivity contribution in [2.45, 2.75) is 6.92 Å². The number of allylic oxidation sites excluding steroid dienone is 1. The molecular weight excluding hydrogens is 171 g/mol. The Kier molecular flexibility index (Phi) is 4.32. The molecule has 10 heavy (non-hydrogen) atoms. The fourth-order valence-electron chi connectivity index (χ4n) is 0.226. The molecule has 0 aliphatic carbocycles. The molecule has 0 atom stereocenters. The Balaban J connectivity index is 4.31. The molecule has 0 aromatic carbocycles.